The Morgan fingerprint density at radius 3 is 2.84 bits per heavy atom. The van der Waals surface area contributed by atoms with Crippen LogP contribution in [0.3, 0.4) is 0 Å². The number of nitrogens with zero attached hydrogens (tertiary/aromatic N) is 1. The molecule has 1 saturated heterocycles. The van der Waals surface area contributed by atoms with Crippen LogP contribution < -0.4 is 5.32 Å². The largest absolute Gasteiger partial charge is 0.396 e. The minimum Gasteiger partial charge on any atom is -0.396 e. The zero-order valence-corrected chi connectivity index (χ0v) is 11.0. The van der Waals surface area contributed by atoms with Gasteiger partial charge in [-0.25, -0.2) is 4.98 Å². The zero-order valence-electron chi connectivity index (χ0n) is 11.0. The van der Waals surface area contributed by atoms with Gasteiger partial charge < -0.3 is 15.2 Å². The van der Waals surface area contributed by atoms with Crippen LogP contribution >= 0.6 is 0 Å². The van der Waals surface area contributed by atoms with Crippen LogP contribution in [0.2, 0.25) is 0 Å². The Kier molecular flexibility index (Phi) is 3.12. The molecule has 2 N–H and O–H groups in total. The number of nitrogens with one attached hydrogen (secondary N) is 1. The molecular formula is C15H18N2O2. The van der Waals surface area contributed by atoms with Crippen molar-refractivity contribution in [3.63, 3.8) is 0 Å². The van der Waals surface area contributed by atoms with Crippen molar-refractivity contribution in [2.45, 2.75) is 6.92 Å². The van der Waals surface area contributed by atoms with E-state index in [0.717, 1.165) is 22.3 Å². The third-order valence-corrected chi connectivity index (χ3v) is 3.70. The third kappa shape index (κ3) is 2.29. The molecule has 0 saturated carbocycles. The molecule has 1 aromatic carbocycles. The lowest BCUT2D eigenvalue weighted by atomic mass is 9.87. The third-order valence-electron chi connectivity index (χ3n) is 3.70. The van der Waals surface area contributed by atoms with Crippen molar-refractivity contribution >= 4 is 16.7 Å². The summed E-state index contributed by atoms with van der Waals surface area (Å²) >= 11 is 0. The van der Waals surface area contributed by atoms with Crippen LogP contribution in [0, 0.1) is 12.3 Å². The number of aliphatic hydroxyl groups is 1. The zero-order chi connectivity index (χ0) is 13.3. The topological polar surface area (TPSA) is 54.4 Å². The maximum Gasteiger partial charge on any atom is 0.129 e. The molecular weight excluding hydrogens is 240 g/mol. The number of hydrogen-bond donors (Lipinski definition) is 2. The Bertz CT molecular complexity index is 588. The van der Waals surface area contributed by atoms with Gasteiger partial charge in [0.05, 0.1) is 30.8 Å². The second-order valence-electron chi connectivity index (χ2n) is 5.35. The van der Waals surface area contributed by atoms with Crippen molar-refractivity contribution in [1.29, 1.82) is 0 Å². The number of aryl methyl sites for hydroxylation is 1. The first-order valence-corrected chi connectivity index (χ1v) is 6.51. The molecule has 1 aromatic heterocycles. The summed E-state index contributed by atoms with van der Waals surface area (Å²) in [5, 5.41) is 13.9. The van der Waals surface area contributed by atoms with Gasteiger partial charge in [0.1, 0.15) is 5.82 Å². The highest BCUT2D eigenvalue weighted by Gasteiger charge is 2.37. The van der Waals surface area contributed by atoms with Gasteiger partial charge in [0.2, 0.25) is 0 Å². The number of hydrogen-bond acceptors (Lipinski definition) is 4. The number of aliphatic hydroxyl groups excluding tert-OH is 1. The molecule has 4 heteroatoms. The summed E-state index contributed by atoms with van der Waals surface area (Å²) in [5.41, 5.74) is 1.96. The summed E-state index contributed by atoms with van der Waals surface area (Å²) in [5.74, 6) is 0.887. The van der Waals surface area contributed by atoms with Crippen LogP contribution in [0.25, 0.3) is 10.9 Å². The fourth-order valence-electron chi connectivity index (χ4n) is 2.31. The van der Waals surface area contributed by atoms with Crippen LogP contribution in [0.4, 0.5) is 5.82 Å². The summed E-state index contributed by atoms with van der Waals surface area (Å²) < 4.78 is 5.20. The standard InChI is InChI=1S/C15H18N2O2/c1-11-6-12-4-2-3-5-13(12)17-14(11)16-7-15(8-18)9-19-10-15/h2-6,18H,7-10H2,1H3,(H,16,17). The second-order valence-corrected chi connectivity index (χ2v) is 5.35. The molecule has 0 unspecified atom stereocenters. The molecule has 2 heterocycles. The molecule has 1 fully saturated rings. The van der Waals surface area contributed by atoms with Gasteiger partial charge in [-0.15, -0.1) is 0 Å². The van der Waals surface area contributed by atoms with E-state index in [0.29, 0.717) is 19.8 Å². The Hall–Kier alpha value is -1.65. The summed E-state index contributed by atoms with van der Waals surface area (Å²) in [6, 6.07) is 10.2. The minimum absolute atomic E-state index is 0.139. The molecule has 0 amide bonds. The molecule has 0 atom stereocenters. The summed E-state index contributed by atoms with van der Waals surface area (Å²) in [6.07, 6.45) is 0. The number of anilines is 1. The predicted octanol–water partition coefficient (Wildman–Crippen LogP) is 1.96. The number of aromatic nitrogens is 1. The van der Waals surface area contributed by atoms with Gasteiger partial charge in [-0.2, -0.15) is 0 Å². The van der Waals surface area contributed by atoms with E-state index in [1.807, 2.05) is 25.1 Å². The molecule has 4 nitrogen and oxygen atoms in total. The Labute approximate surface area is 112 Å². The van der Waals surface area contributed by atoms with Crippen LogP contribution in [-0.2, 0) is 4.74 Å². The quantitative estimate of drug-likeness (QED) is 0.880. The van der Waals surface area contributed by atoms with E-state index in [2.05, 4.69) is 22.4 Å². The fourth-order valence-corrected chi connectivity index (χ4v) is 2.31. The van der Waals surface area contributed by atoms with Crippen molar-refractivity contribution < 1.29 is 9.84 Å². The smallest absolute Gasteiger partial charge is 0.129 e. The minimum atomic E-state index is -0.139. The SMILES string of the molecule is Cc1cc2ccccc2nc1NCC1(CO)COC1. The van der Waals surface area contributed by atoms with E-state index >= 15 is 0 Å². The molecule has 1 aliphatic heterocycles. The fraction of sp³-hybridized carbons (Fsp3) is 0.400. The van der Waals surface area contributed by atoms with Gasteiger partial charge in [0, 0.05) is 11.9 Å². The average Bonchev–Trinajstić information content (AvgIpc) is 2.38. The number of pyridine rings is 1. The van der Waals surface area contributed by atoms with Gasteiger partial charge in [-0.05, 0) is 24.6 Å². The van der Waals surface area contributed by atoms with E-state index in [1.54, 1.807) is 0 Å². The van der Waals surface area contributed by atoms with Gasteiger partial charge in [-0.3, -0.25) is 0 Å². The Balaban J connectivity index is 1.82. The number of rotatable bonds is 4. The lowest BCUT2D eigenvalue weighted by Gasteiger charge is -2.40. The monoisotopic (exact) mass is 258 g/mol. The van der Waals surface area contributed by atoms with E-state index in [4.69, 9.17) is 4.74 Å². The molecule has 1 aliphatic rings. The molecule has 100 valence electrons. The maximum atomic E-state index is 9.42. The second kappa shape index (κ2) is 4.79. The summed E-state index contributed by atoms with van der Waals surface area (Å²) in [4.78, 5) is 4.64. The van der Waals surface area contributed by atoms with Crippen molar-refractivity contribution in [2.24, 2.45) is 5.41 Å². The number of para-hydroxylation sites is 1. The first-order chi connectivity index (χ1) is 9.22. The Morgan fingerprint density at radius 2 is 2.16 bits per heavy atom. The molecule has 2 aromatic rings. The Morgan fingerprint density at radius 1 is 1.37 bits per heavy atom. The predicted molar refractivity (Wildman–Crippen MR) is 75.3 cm³/mol. The molecule has 3 rings (SSSR count). The molecule has 0 bridgehead atoms. The van der Waals surface area contributed by atoms with Crippen LogP contribution in [-0.4, -0.2) is 36.5 Å². The molecule has 19 heavy (non-hydrogen) atoms. The van der Waals surface area contributed by atoms with Crippen LogP contribution in [0.5, 0.6) is 0 Å². The van der Waals surface area contributed by atoms with Crippen molar-refractivity contribution in [3.05, 3.63) is 35.9 Å². The number of fused-ring (bicyclic) bond motifs is 1. The van der Waals surface area contributed by atoms with Crippen molar-refractivity contribution in [3.8, 4) is 0 Å². The highest BCUT2D eigenvalue weighted by Crippen LogP contribution is 2.28. The number of ether oxygens (including phenoxy) is 1. The van der Waals surface area contributed by atoms with E-state index in [1.165, 1.54) is 0 Å². The van der Waals surface area contributed by atoms with E-state index in [-0.39, 0.29) is 12.0 Å². The first-order valence-electron chi connectivity index (χ1n) is 6.51. The highest BCUT2D eigenvalue weighted by molar-refractivity contribution is 5.81. The normalized spacial score (nSPS) is 17.2. The first kappa shape index (κ1) is 12.4. The van der Waals surface area contributed by atoms with E-state index in [9.17, 15) is 5.11 Å². The average molecular weight is 258 g/mol. The highest BCUT2D eigenvalue weighted by atomic mass is 16.5. The molecule has 0 aliphatic carbocycles. The van der Waals surface area contributed by atoms with Crippen LogP contribution in [0.1, 0.15) is 5.56 Å². The molecule has 0 radical (unpaired) electrons. The lowest BCUT2D eigenvalue weighted by molar-refractivity contribution is -0.128. The van der Waals surface area contributed by atoms with Gasteiger partial charge in [-0.1, -0.05) is 18.2 Å². The number of benzene rings is 1. The van der Waals surface area contributed by atoms with Crippen molar-refractivity contribution in [1.82, 2.24) is 4.98 Å². The van der Waals surface area contributed by atoms with E-state index < -0.39 is 0 Å². The molecule has 0 spiro atoms. The maximum absolute atomic E-state index is 9.42. The van der Waals surface area contributed by atoms with Crippen molar-refractivity contribution in [2.75, 3.05) is 31.7 Å². The summed E-state index contributed by atoms with van der Waals surface area (Å²) in [7, 11) is 0. The van der Waals surface area contributed by atoms with Gasteiger partial charge in [0.25, 0.3) is 0 Å². The van der Waals surface area contributed by atoms with Gasteiger partial charge in [0.15, 0.2) is 0 Å². The van der Waals surface area contributed by atoms with Gasteiger partial charge >= 0.3 is 0 Å². The summed E-state index contributed by atoms with van der Waals surface area (Å²) in [6.45, 7) is 4.11. The van der Waals surface area contributed by atoms with Crippen LogP contribution in [0.15, 0.2) is 30.3 Å². The lowest BCUT2D eigenvalue weighted by Crippen LogP contribution is -2.50.